The van der Waals surface area contributed by atoms with Crippen molar-refractivity contribution in [3.05, 3.63) is 53.1 Å². The summed E-state index contributed by atoms with van der Waals surface area (Å²) in [7, 11) is 0. The molecule has 0 fully saturated rings. The number of nitrogens with one attached hydrogen (secondary N) is 2. The molecule has 0 saturated carbocycles. The highest BCUT2D eigenvalue weighted by molar-refractivity contribution is 7.22. The number of thiazole rings is 1. The first-order valence-corrected chi connectivity index (χ1v) is 8.02. The Bertz CT molecular complexity index is 962. The molecule has 0 aliphatic carbocycles. The van der Waals surface area contributed by atoms with E-state index in [2.05, 4.69) is 15.6 Å². The van der Waals surface area contributed by atoms with Crippen LogP contribution in [0.2, 0.25) is 0 Å². The zero-order chi connectivity index (χ0) is 16.0. The molecule has 0 saturated heterocycles. The normalized spacial score (nSPS) is 13.0. The Kier molecular flexibility index (Phi) is 3.12. The van der Waals surface area contributed by atoms with E-state index >= 15 is 0 Å². The fourth-order valence-electron chi connectivity index (χ4n) is 2.68. The molecule has 1 aromatic heterocycles. The van der Waals surface area contributed by atoms with E-state index in [1.54, 1.807) is 18.2 Å². The minimum Gasteiger partial charge on any atom is -0.326 e. The van der Waals surface area contributed by atoms with Crippen LogP contribution in [0.25, 0.3) is 10.2 Å². The quantitative estimate of drug-likeness (QED) is 0.760. The molecule has 1 aliphatic heterocycles. The van der Waals surface area contributed by atoms with Crippen LogP contribution in [-0.4, -0.2) is 16.8 Å². The average Bonchev–Trinajstić information content (AvgIpc) is 3.09. The highest BCUT2D eigenvalue weighted by atomic mass is 32.1. The second kappa shape index (κ2) is 5.17. The molecular formula is C17H13N3O2S. The van der Waals surface area contributed by atoms with Gasteiger partial charge >= 0.3 is 0 Å². The Morgan fingerprint density at radius 2 is 2.17 bits per heavy atom. The summed E-state index contributed by atoms with van der Waals surface area (Å²) in [6.45, 7) is 2.00. The van der Waals surface area contributed by atoms with Crippen molar-refractivity contribution in [1.82, 2.24) is 4.98 Å². The molecule has 0 radical (unpaired) electrons. The highest BCUT2D eigenvalue weighted by Gasteiger charge is 2.19. The standard InChI is InChI=1S/C17H13N3O2S/c1-9-3-2-4-13-15(9)19-17(23-13)20-16(22)10-5-6-12-11(7-10)8-14(21)18-12/h2-7H,8H2,1H3,(H,18,21)(H,19,20,22). The summed E-state index contributed by atoms with van der Waals surface area (Å²) in [5.41, 5.74) is 4.15. The van der Waals surface area contributed by atoms with E-state index in [9.17, 15) is 9.59 Å². The Labute approximate surface area is 136 Å². The number of hydrogen-bond donors (Lipinski definition) is 2. The van der Waals surface area contributed by atoms with Crippen LogP contribution in [0.1, 0.15) is 21.5 Å². The maximum atomic E-state index is 12.4. The van der Waals surface area contributed by atoms with Crippen molar-refractivity contribution in [3.63, 3.8) is 0 Å². The van der Waals surface area contributed by atoms with Gasteiger partial charge in [0, 0.05) is 11.3 Å². The molecule has 114 valence electrons. The molecule has 3 aromatic rings. The van der Waals surface area contributed by atoms with Crippen LogP contribution in [0.4, 0.5) is 10.8 Å². The lowest BCUT2D eigenvalue weighted by Gasteiger charge is -2.04. The summed E-state index contributed by atoms with van der Waals surface area (Å²) < 4.78 is 1.05. The number of aromatic nitrogens is 1. The van der Waals surface area contributed by atoms with Crippen LogP contribution in [-0.2, 0) is 11.2 Å². The number of fused-ring (bicyclic) bond motifs is 2. The number of hydrogen-bond acceptors (Lipinski definition) is 4. The third kappa shape index (κ3) is 2.47. The Morgan fingerprint density at radius 3 is 3.00 bits per heavy atom. The van der Waals surface area contributed by atoms with E-state index in [4.69, 9.17) is 0 Å². The number of benzene rings is 2. The first-order chi connectivity index (χ1) is 11.1. The SMILES string of the molecule is Cc1cccc2sc(NC(=O)c3ccc4c(c3)CC(=O)N4)nc12. The first-order valence-electron chi connectivity index (χ1n) is 7.20. The van der Waals surface area contributed by atoms with Gasteiger partial charge in [0.05, 0.1) is 16.6 Å². The van der Waals surface area contributed by atoms with Crippen LogP contribution in [0.5, 0.6) is 0 Å². The van der Waals surface area contributed by atoms with Crippen LogP contribution in [0.3, 0.4) is 0 Å². The van der Waals surface area contributed by atoms with Crippen molar-refractivity contribution >= 4 is 44.2 Å². The molecule has 0 spiro atoms. The van der Waals surface area contributed by atoms with Crippen LogP contribution in [0, 0.1) is 6.92 Å². The van der Waals surface area contributed by atoms with Crippen LogP contribution >= 0.6 is 11.3 Å². The first kappa shape index (κ1) is 13.9. The van der Waals surface area contributed by atoms with E-state index < -0.39 is 0 Å². The van der Waals surface area contributed by atoms with Gasteiger partial charge in [-0.2, -0.15) is 0 Å². The van der Waals surface area contributed by atoms with E-state index in [0.717, 1.165) is 27.0 Å². The molecule has 4 rings (SSSR count). The fraction of sp³-hybridized carbons (Fsp3) is 0.118. The smallest absolute Gasteiger partial charge is 0.257 e. The molecule has 2 aromatic carbocycles. The number of rotatable bonds is 2. The average molecular weight is 323 g/mol. The maximum absolute atomic E-state index is 12.4. The zero-order valence-corrected chi connectivity index (χ0v) is 13.2. The van der Waals surface area contributed by atoms with Gasteiger partial charge in [-0.1, -0.05) is 23.5 Å². The van der Waals surface area contributed by atoms with Gasteiger partial charge in [-0.15, -0.1) is 0 Å². The van der Waals surface area contributed by atoms with Gasteiger partial charge in [0.15, 0.2) is 5.13 Å². The predicted molar refractivity (Wildman–Crippen MR) is 91.1 cm³/mol. The largest absolute Gasteiger partial charge is 0.326 e. The molecule has 23 heavy (non-hydrogen) atoms. The summed E-state index contributed by atoms with van der Waals surface area (Å²) in [6, 6.07) is 11.2. The number of para-hydroxylation sites is 1. The number of carbonyl (C=O) groups is 2. The second-order valence-electron chi connectivity index (χ2n) is 5.49. The molecule has 1 aliphatic rings. The molecule has 0 bridgehead atoms. The summed E-state index contributed by atoms with van der Waals surface area (Å²) >= 11 is 1.45. The zero-order valence-electron chi connectivity index (χ0n) is 12.3. The van der Waals surface area contributed by atoms with Gasteiger partial charge < -0.3 is 5.32 Å². The molecule has 2 amide bonds. The lowest BCUT2D eigenvalue weighted by molar-refractivity contribution is -0.115. The number of nitrogens with zero attached hydrogens (tertiary/aromatic N) is 1. The Hall–Kier alpha value is -2.73. The van der Waals surface area contributed by atoms with Gasteiger partial charge in [-0.3, -0.25) is 14.9 Å². The van der Waals surface area contributed by atoms with Gasteiger partial charge in [0.1, 0.15) is 0 Å². The van der Waals surface area contributed by atoms with Crippen molar-refractivity contribution in [2.75, 3.05) is 10.6 Å². The number of anilines is 2. The molecule has 0 unspecified atom stereocenters. The number of amides is 2. The summed E-state index contributed by atoms with van der Waals surface area (Å²) in [5.74, 6) is -0.261. The lowest BCUT2D eigenvalue weighted by atomic mass is 10.1. The molecule has 2 N–H and O–H groups in total. The second-order valence-corrected chi connectivity index (χ2v) is 6.52. The van der Waals surface area contributed by atoms with Crippen molar-refractivity contribution < 1.29 is 9.59 Å². The van der Waals surface area contributed by atoms with Crippen molar-refractivity contribution in [1.29, 1.82) is 0 Å². The predicted octanol–water partition coefficient (Wildman–Crippen LogP) is 3.35. The number of aryl methyl sites for hydroxylation is 1. The van der Waals surface area contributed by atoms with Gasteiger partial charge in [-0.25, -0.2) is 4.98 Å². The Balaban J connectivity index is 1.61. The molecular weight excluding hydrogens is 310 g/mol. The monoisotopic (exact) mass is 323 g/mol. The van der Waals surface area contributed by atoms with E-state index in [1.807, 2.05) is 25.1 Å². The van der Waals surface area contributed by atoms with E-state index in [-0.39, 0.29) is 11.8 Å². The lowest BCUT2D eigenvalue weighted by Crippen LogP contribution is -2.11. The third-order valence-corrected chi connectivity index (χ3v) is 4.77. The van der Waals surface area contributed by atoms with Crippen molar-refractivity contribution in [2.45, 2.75) is 13.3 Å². The van der Waals surface area contributed by atoms with Gasteiger partial charge in [0.25, 0.3) is 5.91 Å². The topological polar surface area (TPSA) is 71.1 Å². The molecule has 6 heteroatoms. The summed E-state index contributed by atoms with van der Waals surface area (Å²) in [4.78, 5) is 28.3. The minimum absolute atomic E-state index is 0.0424. The highest BCUT2D eigenvalue weighted by Crippen LogP contribution is 2.29. The third-order valence-electron chi connectivity index (χ3n) is 3.83. The van der Waals surface area contributed by atoms with Crippen LogP contribution < -0.4 is 10.6 Å². The van der Waals surface area contributed by atoms with E-state index in [1.165, 1.54) is 11.3 Å². The minimum atomic E-state index is -0.219. The molecule has 0 atom stereocenters. The van der Waals surface area contributed by atoms with Crippen molar-refractivity contribution in [2.24, 2.45) is 0 Å². The Morgan fingerprint density at radius 1 is 1.30 bits per heavy atom. The van der Waals surface area contributed by atoms with Crippen molar-refractivity contribution in [3.8, 4) is 0 Å². The van der Waals surface area contributed by atoms with E-state index in [0.29, 0.717) is 17.1 Å². The summed E-state index contributed by atoms with van der Waals surface area (Å²) in [6.07, 6.45) is 0.316. The maximum Gasteiger partial charge on any atom is 0.257 e. The molecule has 2 heterocycles. The summed E-state index contributed by atoms with van der Waals surface area (Å²) in [5, 5.41) is 6.17. The van der Waals surface area contributed by atoms with Gasteiger partial charge in [-0.05, 0) is 42.3 Å². The fourth-order valence-corrected chi connectivity index (χ4v) is 3.62. The van der Waals surface area contributed by atoms with Crippen LogP contribution in [0.15, 0.2) is 36.4 Å². The van der Waals surface area contributed by atoms with Gasteiger partial charge in [0.2, 0.25) is 5.91 Å². The number of carbonyl (C=O) groups excluding carboxylic acids is 2. The molecule has 5 nitrogen and oxygen atoms in total.